The molecule has 1 aromatic rings. The van der Waals surface area contributed by atoms with Gasteiger partial charge >= 0.3 is 0 Å². The van der Waals surface area contributed by atoms with Crippen molar-refractivity contribution in [1.29, 1.82) is 0 Å². The van der Waals surface area contributed by atoms with Gasteiger partial charge in [-0.05, 0) is 13.8 Å². The summed E-state index contributed by atoms with van der Waals surface area (Å²) >= 11 is 1.30. The highest BCUT2D eigenvalue weighted by Crippen LogP contribution is 2.19. The molecule has 0 saturated heterocycles. The Morgan fingerprint density at radius 3 is 2.93 bits per heavy atom. The standard InChI is InChI=1S/C9H11N3O2S/c1-3-11-8(14)5-15-9-10-6(2)4-7(13)12(9)11/h4H,3,5H2,1-2H3. The summed E-state index contributed by atoms with van der Waals surface area (Å²) in [7, 11) is 0. The predicted octanol–water partition coefficient (Wildman–Crippen LogP) is 0.142. The Morgan fingerprint density at radius 1 is 1.53 bits per heavy atom. The van der Waals surface area contributed by atoms with Gasteiger partial charge in [-0.15, -0.1) is 0 Å². The lowest BCUT2D eigenvalue weighted by molar-refractivity contribution is -0.118. The number of aryl methyl sites for hydroxylation is 1. The summed E-state index contributed by atoms with van der Waals surface area (Å²) < 4.78 is 1.35. The van der Waals surface area contributed by atoms with Crippen molar-refractivity contribution in [2.45, 2.75) is 19.0 Å². The number of carbonyl (C=O) groups is 1. The highest BCUT2D eigenvalue weighted by molar-refractivity contribution is 7.99. The average molecular weight is 225 g/mol. The Bertz CT molecular complexity index is 469. The minimum Gasteiger partial charge on any atom is -0.272 e. The van der Waals surface area contributed by atoms with Crippen LogP contribution in [-0.2, 0) is 4.79 Å². The smallest absolute Gasteiger partial charge is 0.272 e. The lowest BCUT2D eigenvalue weighted by Crippen LogP contribution is -2.50. The van der Waals surface area contributed by atoms with Gasteiger partial charge in [0.15, 0.2) is 5.16 Å². The maximum atomic E-state index is 11.7. The van der Waals surface area contributed by atoms with E-state index in [-0.39, 0.29) is 11.5 Å². The number of carbonyl (C=O) groups excluding carboxylic acids is 1. The SMILES string of the molecule is CCN1C(=O)CSc2nc(C)cc(=O)n21. The summed E-state index contributed by atoms with van der Waals surface area (Å²) in [5.74, 6) is 0.298. The third-order valence-electron chi connectivity index (χ3n) is 2.15. The topological polar surface area (TPSA) is 55.2 Å². The number of rotatable bonds is 1. The van der Waals surface area contributed by atoms with Crippen LogP contribution in [0.1, 0.15) is 12.6 Å². The highest BCUT2D eigenvalue weighted by Gasteiger charge is 2.25. The summed E-state index contributed by atoms with van der Waals surface area (Å²) in [5, 5.41) is 2.03. The Labute approximate surface area is 91.1 Å². The molecule has 5 nitrogen and oxygen atoms in total. The molecule has 1 aliphatic rings. The molecule has 0 atom stereocenters. The van der Waals surface area contributed by atoms with E-state index in [0.717, 1.165) is 0 Å². The van der Waals surface area contributed by atoms with Gasteiger partial charge in [0.1, 0.15) is 0 Å². The fraction of sp³-hybridized carbons (Fsp3) is 0.444. The van der Waals surface area contributed by atoms with Gasteiger partial charge < -0.3 is 0 Å². The lowest BCUT2D eigenvalue weighted by atomic mass is 10.4. The quantitative estimate of drug-likeness (QED) is 0.638. The van der Waals surface area contributed by atoms with Crippen LogP contribution in [0, 0.1) is 6.92 Å². The van der Waals surface area contributed by atoms with Crippen LogP contribution in [-0.4, -0.2) is 27.9 Å². The second kappa shape index (κ2) is 3.69. The van der Waals surface area contributed by atoms with E-state index in [1.165, 1.54) is 27.5 Å². The normalized spacial score (nSPS) is 15.3. The zero-order valence-corrected chi connectivity index (χ0v) is 9.37. The van der Waals surface area contributed by atoms with Crippen LogP contribution in [0.2, 0.25) is 0 Å². The van der Waals surface area contributed by atoms with Crippen LogP contribution in [0.3, 0.4) is 0 Å². The van der Waals surface area contributed by atoms with Gasteiger partial charge in [-0.3, -0.25) is 9.59 Å². The number of fused-ring (bicyclic) bond motifs is 1. The number of aromatic nitrogens is 2. The largest absolute Gasteiger partial charge is 0.273 e. The van der Waals surface area contributed by atoms with E-state index in [4.69, 9.17) is 0 Å². The first-order chi connectivity index (χ1) is 7.13. The number of hydrogen-bond acceptors (Lipinski definition) is 4. The first-order valence-corrected chi connectivity index (χ1v) is 5.66. The molecule has 0 aliphatic carbocycles. The summed E-state index contributed by atoms with van der Waals surface area (Å²) in [5.41, 5.74) is 0.490. The molecule has 0 N–H and O–H groups in total. The van der Waals surface area contributed by atoms with Crippen LogP contribution >= 0.6 is 11.8 Å². The van der Waals surface area contributed by atoms with Crippen molar-refractivity contribution in [3.8, 4) is 0 Å². The maximum Gasteiger partial charge on any atom is 0.273 e. The molecule has 80 valence electrons. The van der Waals surface area contributed by atoms with Crippen LogP contribution in [0.25, 0.3) is 0 Å². The van der Waals surface area contributed by atoms with Gasteiger partial charge in [0, 0.05) is 18.3 Å². The molecule has 0 unspecified atom stereocenters. The van der Waals surface area contributed by atoms with E-state index < -0.39 is 0 Å². The summed E-state index contributed by atoms with van der Waals surface area (Å²) in [4.78, 5) is 27.5. The van der Waals surface area contributed by atoms with E-state index in [2.05, 4.69) is 4.98 Å². The number of hydrogen-bond donors (Lipinski definition) is 0. The molecule has 1 aromatic heterocycles. The highest BCUT2D eigenvalue weighted by atomic mass is 32.2. The van der Waals surface area contributed by atoms with E-state index in [1.54, 1.807) is 6.92 Å². The number of nitrogens with zero attached hydrogens (tertiary/aromatic N) is 3. The van der Waals surface area contributed by atoms with Gasteiger partial charge in [0.25, 0.3) is 11.5 Å². The van der Waals surface area contributed by atoms with Gasteiger partial charge in [0.05, 0.1) is 5.75 Å². The summed E-state index contributed by atoms with van der Waals surface area (Å²) in [6.07, 6.45) is 0. The second-order valence-electron chi connectivity index (χ2n) is 3.23. The van der Waals surface area contributed by atoms with Crippen molar-refractivity contribution in [3.63, 3.8) is 0 Å². The summed E-state index contributed by atoms with van der Waals surface area (Å²) in [6.45, 7) is 4.09. The molecule has 0 fully saturated rings. The molecule has 6 heteroatoms. The molecule has 0 saturated carbocycles. The Hall–Kier alpha value is -1.30. The van der Waals surface area contributed by atoms with Crippen molar-refractivity contribution >= 4 is 17.7 Å². The van der Waals surface area contributed by atoms with Crippen molar-refractivity contribution in [1.82, 2.24) is 9.66 Å². The molecule has 2 rings (SSSR count). The van der Waals surface area contributed by atoms with Crippen molar-refractivity contribution in [2.24, 2.45) is 0 Å². The Kier molecular flexibility index (Phi) is 2.52. The van der Waals surface area contributed by atoms with Gasteiger partial charge in [-0.1, -0.05) is 11.8 Å². The zero-order valence-electron chi connectivity index (χ0n) is 8.56. The number of thioether (sulfide) groups is 1. The minimum absolute atomic E-state index is 0.0530. The van der Waals surface area contributed by atoms with Crippen molar-refractivity contribution in [3.05, 3.63) is 22.1 Å². The van der Waals surface area contributed by atoms with Gasteiger partial charge in [-0.25, -0.2) is 9.99 Å². The van der Waals surface area contributed by atoms with Crippen molar-refractivity contribution in [2.75, 3.05) is 17.3 Å². The molecule has 1 aliphatic heterocycles. The fourth-order valence-corrected chi connectivity index (χ4v) is 2.43. The van der Waals surface area contributed by atoms with Crippen LogP contribution in [0.4, 0.5) is 0 Å². The molecular formula is C9H11N3O2S. The van der Waals surface area contributed by atoms with Gasteiger partial charge in [0.2, 0.25) is 0 Å². The molecule has 0 bridgehead atoms. The van der Waals surface area contributed by atoms with Crippen LogP contribution < -0.4 is 10.6 Å². The fourth-order valence-electron chi connectivity index (χ4n) is 1.51. The molecular weight excluding hydrogens is 214 g/mol. The number of amides is 1. The first kappa shape index (κ1) is 10.2. The van der Waals surface area contributed by atoms with Crippen LogP contribution in [0.5, 0.6) is 0 Å². The minimum atomic E-state index is -0.195. The monoisotopic (exact) mass is 225 g/mol. The molecule has 1 amide bonds. The van der Waals surface area contributed by atoms with E-state index in [9.17, 15) is 9.59 Å². The van der Waals surface area contributed by atoms with E-state index >= 15 is 0 Å². The van der Waals surface area contributed by atoms with E-state index in [0.29, 0.717) is 23.1 Å². The third kappa shape index (κ3) is 1.65. The van der Waals surface area contributed by atoms with Gasteiger partial charge in [-0.2, -0.15) is 4.68 Å². The molecule has 0 spiro atoms. The molecule has 0 radical (unpaired) electrons. The third-order valence-corrected chi connectivity index (χ3v) is 3.06. The Balaban J connectivity index is 2.63. The molecule has 0 aromatic carbocycles. The van der Waals surface area contributed by atoms with Crippen molar-refractivity contribution < 1.29 is 4.79 Å². The molecule has 2 heterocycles. The first-order valence-electron chi connectivity index (χ1n) is 4.67. The Morgan fingerprint density at radius 2 is 2.27 bits per heavy atom. The zero-order chi connectivity index (χ0) is 11.0. The lowest BCUT2D eigenvalue weighted by Gasteiger charge is -2.28. The second-order valence-corrected chi connectivity index (χ2v) is 4.17. The maximum absolute atomic E-state index is 11.7. The average Bonchev–Trinajstić information content (AvgIpc) is 2.18. The van der Waals surface area contributed by atoms with Crippen LogP contribution in [0.15, 0.2) is 16.0 Å². The van der Waals surface area contributed by atoms with E-state index in [1.807, 2.05) is 6.92 Å². The summed E-state index contributed by atoms with van der Waals surface area (Å²) in [6, 6.07) is 1.44. The predicted molar refractivity (Wildman–Crippen MR) is 57.7 cm³/mol. The molecule has 15 heavy (non-hydrogen) atoms.